The highest BCUT2D eigenvalue weighted by Gasteiger charge is 2.35. The van der Waals surface area contributed by atoms with Crippen molar-refractivity contribution in [2.75, 3.05) is 11.9 Å². The van der Waals surface area contributed by atoms with Crippen LogP contribution in [0.5, 0.6) is 0 Å². The number of urea groups is 1. The number of nitrogens with zero attached hydrogens (tertiary/aromatic N) is 2. The van der Waals surface area contributed by atoms with Crippen molar-refractivity contribution in [1.82, 2.24) is 20.4 Å². The van der Waals surface area contributed by atoms with Gasteiger partial charge in [0.1, 0.15) is 5.69 Å². The number of anilines is 1. The topological polar surface area (TPSA) is 88.0 Å². The summed E-state index contributed by atoms with van der Waals surface area (Å²) in [5.74, 6) is -0.341. The average molecular weight is 383 g/mol. The standard InChI is InChI=1S/C17H20F3N5O2/c1-16(2,3)24-14(26)10-21-15(27)23-11-4-6-12(7-5-11)25-13(8-9-22-25)17(18,19)20/h4-9H,10H2,1-3H3,(H,24,26)(H2,21,23,27). The summed E-state index contributed by atoms with van der Waals surface area (Å²) in [6.07, 6.45) is -3.47. The van der Waals surface area contributed by atoms with Crippen molar-refractivity contribution in [1.29, 1.82) is 0 Å². The lowest BCUT2D eigenvalue weighted by atomic mass is 10.1. The van der Waals surface area contributed by atoms with Crippen LogP contribution < -0.4 is 16.0 Å². The van der Waals surface area contributed by atoms with Gasteiger partial charge >= 0.3 is 12.2 Å². The van der Waals surface area contributed by atoms with Crippen LogP contribution in [0.4, 0.5) is 23.7 Å². The summed E-state index contributed by atoms with van der Waals surface area (Å²) in [4.78, 5) is 23.5. The van der Waals surface area contributed by atoms with E-state index in [1.165, 1.54) is 24.3 Å². The van der Waals surface area contributed by atoms with E-state index in [-0.39, 0.29) is 18.1 Å². The minimum atomic E-state index is -4.53. The molecule has 0 unspecified atom stereocenters. The Hall–Kier alpha value is -3.04. The molecule has 1 heterocycles. The van der Waals surface area contributed by atoms with E-state index in [4.69, 9.17) is 0 Å². The van der Waals surface area contributed by atoms with E-state index in [9.17, 15) is 22.8 Å². The molecule has 27 heavy (non-hydrogen) atoms. The zero-order valence-electron chi connectivity index (χ0n) is 15.0. The zero-order chi connectivity index (χ0) is 20.2. The van der Waals surface area contributed by atoms with Gasteiger partial charge in [0, 0.05) is 11.2 Å². The van der Waals surface area contributed by atoms with E-state index in [2.05, 4.69) is 21.0 Å². The van der Waals surface area contributed by atoms with Crippen molar-refractivity contribution in [3.8, 4) is 5.69 Å². The molecule has 0 fully saturated rings. The Morgan fingerprint density at radius 3 is 2.26 bits per heavy atom. The van der Waals surface area contributed by atoms with Gasteiger partial charge in [-0.25, -0.2) is 9.48 Å². The molecule has 10 heteroatoms. The maximum absolute atomic E-state index is 12.9. The molecule has 0 atom stereocenters. The van der Waals surface area contributed by atoms with Crippen LogP contribution in [0.15, 0.2) is 36.5 Å². The Morgan fingerprint density at radius 2 is 1.70 bits per heavy atom. The first-order chi connectivity index (χ1) is 12.5. The van der Waals surface area contributed by atoms with Gasteiger partial charge in [-0.3, -0.25) is 4.79 Å². The van der Waals surface area contributed by atoms with Crippen LogP contribution in [0, 0.1) is 0 Å². The normalized spacial score (nSPS) is 11.8. The fourth-order valence-corrected chi connectivity index (χ4v) is 2.21. The van der Waals surface area contributed by atoms with Crippen molar-refractivity contribution >= 4 is 17.6 Å². The average Bonchev–Trinajstić information content (AvgIpc) is 3.02. The first-order valence-electron chi connectivity index (χ1n) is 8.03. The molecule has 0 spiro atoms. The highest BCUT2D eigenvalue weighted by Crippen LogP contribution is 2.30. The van der Waals surface area contributed by atoms with E-state index in [1.807, 2.05) is 20.8 Å². The highest BCUT2D eigenvalue weighted by atomic mass is 19.4. The van der Waals surface area contributed by atoms with Crippen LogP contribution in [-0.4, -0.2) is 33.8 Å². The molecule has 7 nitrogen and oxygen atoms in total. The van der Waals surface area contributed by atoms with E-state index < -0.39 is 23.4 Å². The molecule has 2 aromatic rings. The van der Waals surface area contributed by atoms with E-state index >= 15 is 0 Å². The number of amides is 3. The third kappa shape index (κ3) is 6.01. The number of aromatic nitrogens is 2. The molecule has 3 N–H and O–H groups in total. The number of benzene rings is 1. The minimum Gasteiger partial charge on any atom is -0.350 e. The van der Waals surface area contributed by atoms with Gasteiger partial charge in [-0.1, -0.05) is 0 Å². The summed E-state index contributed by atoms with van der Waals surface area (Å²) >= 11 is 0. The lowest BCUT2D eigenvalue weighted by molar-refractivity contribution is -0.142. The summed E-state index contributed by atoms with van der Waals surface area (Å²) in [7, 11) is 0. The molecule has 2 rings (SSSR count). The molecule has 1 aromatic heterocycles. The second kappa shape index (κ2) is 7.68. The Kier molecular flexibility index (Phi) is 5.77. The Morgan fingerprint density at radius 1 is 1.07 bits per heavy atom. The quantitative estimate of drug-likeness (QED) is 0.759. The largest absolute Gasteiger partial charge is 0.433 e. The third-order valence-electron chi connectivity index (χ3n) is 3.23. The van der Waals surface area contributed by atoms with Gasteiger partial charge in [-0.2, -0.15) is 18.3 Å². The van der Waals surface area contributed by atoms with Crippen LogP contribution in [0.25, 0.3) is 5.69 Å². The molecule has 146 valence electrons. The van der Waals surface area contributed by atoms with E-state index in [0.717, 1.165) is 16.9 Å². The van der Waals surface area contributed by atoms with Gasteiger partial charge in [-0.15, -0.1) is 0 Å². The summed E-state index contributed by atoms with van der Waals surface area (Å²) in [6.45, 7) is 5.24. The van der Waals surface area contributed by atoms with Gasteiger partial charge in [0.15, 0.2) is 0 Å². The van der Waals surface area contributed by atoms with Gasteiger partial charge in [0.05, 0.1) is 18.4 Å². The van der Waals surface area contributed by atoms with Crippen molar-refractivity contribution in [3.63, 3.8) is 0 Å². The number of halogens is 3. The Balaban J connectivity index is 1.95. The van der Waals surface area contributed by atoms with Gasteiger partial charge < -0.3 is 16.0 Å². The fraction of sp³-hybridized carbons (Fsp3) is 0.353. The molecule has 0 aliphatic carbocycles. The van der Waals surface area contributed by atoms with Gasteiger partial charge in [-0.05, 0) is 51.1 Å². The molecule has 3 amide bonds. The maximum Gasteiger partial charge on any atom is 0.433 e. The maximum atomic E-state index is 12.9. The third-order valence-corrected chi connectivity index (χ3v) is 3.23. The fourth-order valence-electron chi connectivity index (χ4n) is 2.21. The summed E-state index contributed by atoms with van der Waals surface area (Å²) < 4.78 is 39.5. The van der Waals surface area contributed by atoms with Gasteiger partial charge in [0.2, 0.25) is 5.91 Å². The first kappa shape index (κ1) is 20.3. The summed E-state index contributed by atoms with van der Waals surface area (Å²) in [5, 5.41) is 11.3. The molecular formula is C17H20F3N5O2. The summed E-state index contributed by atoms with van der Waals surface area (Å²) in [5.41, 5.74) is -0.755. The molecule has 0 aliphatic rings. The monoisotopic (exact) mass is 383 g/mol. The Bertz CT molecular complexity index is 807. The van der Waals surface area contributed by atoms with Gasteiger partial charge in [0.25, 0.3) is 0 Å². The molecule has 0 radical (unpaired) electrons. The van der Waals surface area contributed by atoms with Crippen LogP contribution in [0.3, 0.4) is 0 Å². The minimum absolute atomic E-state index is 0.197. The molecule has 0 saturated heterocycles. The molecule has 0 bridgehead atoms. The van der Waals surface area contributed by atoms with Crippen molar-refractivity contribution < 1.29 is 22.8 Å². The number of carbonyl (C=O) groups excluding carboxylic acids is 2. The number of alkyl halides is 3. The number of nitrogens with one attached hydrogen (secondary N) is 3. The van der Waals surface area contributed by atoms with Crippen molar-refractivity contribution in [3.05, 3.63) is 42.2 Å². The molecule has 0 aliphatic heterocycles. The second-order valence-corrected chi connectivity index (χ2v) is 6.78. The molecule has 1 aromatic carbocycles. The lowest BCUT2D eigenvalue weighted by Gasteiger charge is -2.20. The Labute approximate surface area is 153 Å². The van der Waals surface area contributed by atoms with Crippen LogP contribution >= 0.6 is 0 Å². The predicted molar refractivity (Wildman–Crippen MR) is 93.5 cm³/mol. The first-order valence-corrected chi connectivity index (χ1v) is 8.03. The van der Waals surface area contributed by atoms with E-state index in [1.54, 1.807) is 0 Å². The molecular weight excluding hydrogens is 363 g/mol. The highest BCUT2D eigenvalue weighted by molar-refractivity contribution is 5.92. The number of rotatable bonds is 4. The SMILES string of the molecule is CC(C)(C)NC(=O)CNC(=O)Nc1ccc(-n2nccc2C(F)(F)F)cc1. The number of hydrogen-bond acceptors (Lipinski definition) is 3. The van der Waals surface area contributed by atoms with Crippen LogP contribution in [0.2, 0.25) is 0 Å². The number of carbonyl (C=O) groups is 2. The molecule has 0 saturated carbocycles. The second-order valence-electron chi connectivity index (χ2n) is 6.78. The number of hydrogen-bond donors (Lipinski definition) is 3. The van der Waals surface area contributed by atoms with E-state index in [0.29, 0.717) is 5.69 Å². The van der Waals surface area contributed by atoms with Crippen molar-refractivity contribution in [2.45, 2.75) is 32.5 Å². The zero-order valence-corrected chi connectivity index (χ0v) is 15.0. The van der Waals surface area contributed by atoms with Crippen LogP contribution in [0.1, 0.15) is 26.5 Å². The van der Waals surface area contributed by atoms with Crippen LogP contribution in [-0.2, 0) is 11.0 Å². The smallest absolute Gasteiger partial charge is 0.350 e. The summed E-state index contributed by atoms with van der Waals surface area (Å²) in [6, 6.07) is 5.93. The van der Waals surface area contributed by atoms with Crippen molar-refractivity contribution in [2.24, 2.45) is 0 Å². The predicted octanol–water partition coefficient (Wildman–Crippen LogP) is 2.93. The lowest BCUT2D eigenvalue weighted by Crippen LogP contribution is -2.46.